The van der Waals surface area contributed by atoms with Crippen LogP contribution in [-0.4, -0.2) is 29.7 Å². The van der Waals surface area contributed by atoms with Crippen molar-refractivity contribution < 1.29 is 9.47 Å². The van der Waals surface area contributed by atoms with Gasteiger partial charge in [-0.15, -0.1) is 24.8 Å². The van der Waals surface area contributed by atoms with Crippen LogP contribution >= 0.6 is 24.8 Å². The third kappa shape index (κ3) is 5.02. The fourth-order valence-corrected chi connectivity index (χ4v) is 3.46. The maximum atomic E-state index is 5.93. The highest BCUT2D eigenvalue weighted by atomic mass is 35.5. The Hall–Kier alpha value is -1.60. The molecule has 0 bridgehead atoms. The second kappa shape index (κ2) is 9.55. The van der Waals surface area contributed by atoms with Crippen molar-refractivity contribution in [3.63, 3.8) is 0 Å². The number of halogens is 2. The molecule has 27 heavy (non-hydrogen) atoms. The summed E-state index contributed by atoms with van der Waals surface area (Å²) < 4.78 is 10.8. The molecule has 0 spiro atoms. The first-order valence-corrected chi connectivity index (χ1v) is 8.82. The third-order valence-corrected chi connectivity index (χ3v) is 4.89. The molecule has 6 nitrogen and oxygen atoms in total. The van der Waals surface area contributed by atoms with Gasteiger partial charge >= 0.3 is 0 Å². The Morgan fingerprint density at radius 3 is 2.78 bits per heavy atom. The van der Waals surface area contributed by atoms with E-state index in [9.17, 15) is 0 Å². The lowest BCUT2D eigenvalue weighted by Crippen LogP contribution is -2.35. The molecular weight excluding hydrogens is 387 g/mol. The minimum absolute atomic E-state index is 0. The largest absolute Gasteiger partial charge is 0.493 e. The number of hydrogen-bond acceptors (Lipinski definition) is 6. The summed E-state index contributed by atoms with van der Waals surface area (Å²) in [5, 5.41) is 3.43. The Bertz CT molecular complexity index is 769. The molecule has 1 aromatic carbocycles. The molecular formula is C19H26Cl2N4O2. The van der Waals surface area contributed by atoms with Crippen LogP contribution in [0, 0.1) is 0 Å². The first kappa shape index (κ1) is 21.7. The van der Waals surface area contributed by atoms with Crippen molar-refractivity contribution in [1.29, 1.82) is 0 Å². The van der Waals surface area contributed by atoms with Gasteiger partial charge in [-0.3, -0.25) is 0 Å². The van der Waals surface area contributed by atoms with Crippen LogP contribution in [0.1, 0.15) is 41.4 Å². The topological polar surface area (TPSA) is 82.3 Å². The molecule has 0 radical (unpaired) electrons. The maximum absolute atomic E-state index is 5.93. The minimum atomic E-state index is 0. The second-order valence-corrected chi connectivity index (χ2v) is 6.85. The molecule has 2 aliphatic rings. The lowest BCUT2D eigenvalue weighted by Gasteiger charge is -2.32. The van der Waals surface area contributed by atoms with Crippen LogP contribution in [0.5, 0.6) is 5.75 Å². The number of nitrogens with one attached hydrogen (secondary N) is 1. The first-order valence-electron chi connectivity index (χ1n) is 8.82. The molecule has 1 aromatic heterocycles. The zero-order valence-electron chi connectivity index (χ0n) is 15.3. The Labute approximate surface area is 172 Å². The Balaban J connectivity index is 0.00000131. The Morgan fingerprint density at radius 1 is 1.22 bits per heavy atom. The highest BCUT2D eigenvalue weighted by Gasteiger charge is 2.29. The number of benzene rings is 1. The summed E-state index contributed by atoms with van der Waals surface area (Å²) in [6.07, 6.45) is 2.97. The number of ether oxygens (including phenoxy) is 2. The monoisotopic (exact) mass is 412 g/mol. The summed E-state index contributed by atoms with van der Waals surface area (Å²) in [4.78, 5) is 9.20. The average molecular weight is 413 g/mol. The molecule has 8 heteroatoms. The van der Waals surface area contributed by atoms with Gasteiger partial charge in [0.1, 0.15) is 18.2 Å². The molecule has 148 valence electrons. The van der Waals surface area contributed by atoms with E-state index in [1.807, 2.05) is 6.07 Å². The highest BCUT2D eigenvalue weighted by Crippen LogP contribution is 2.35. The zero-order chi connectivity index (χ0) is 17.2. The molecule has 2 aromatic rings. The lowest BCUT2D eigenvalue weighted by atomic mass is 9.78. The quantitative estimate of drug-likeness (QED) is 0.757. The molecule has 1 aliphatic heterocycles. The molecule has 0 saturated heterocycles. The second-order valence-electron chi connectivity index (χ2n) is 6.85. The van der Waals surface area contributed by atoms with Crippen molar-refractivity contribution in [2.75, 3.05) is 19.0 Å². The van der Waals surface area contributed by atoms with Crippen molar-refractivity contribution in [1.82, 2.24) is 9.97 Å². The number of fused-ring (bicyclic) bond motifs is 1. The van der Waals surface area contributed by atoms with Gasteiger partial charge in [-0.05, 0) is 30.0 Å². The van der Waals surface area contributed by atoms with E-state index in [2.05, 4.69) is 33.5 Å². The fraction of sp³-hybridized carbons (Fsp3) is 0.474. The van der Waals surface area contributed by atoms with Crippen molar-refractivity contribution in [3.05, 3.63) is 46.9 Å². The number of hydrogen-bond donors (Lipinski definition) is 2. The highest BCUT2D eigenvalue weighted by molar-refractivity contribution is 5.85. The number of aromatic nitrogens is 2. The fourth-order valence-electron chi connectivity index (χ4n) is 3.46. The smallest absolute Gasteiger partial charge is 0.156 e. The summed E-state index contributed by atoms with van der Waals surface area (Å²) >= 11 is 0. The number of nitrogens with two attached hydrogens (primary N) is 1. The average Bonchev–Trinajstić information content (AvgIpc) is 3.05. The lowest BCUT2D eigenvalue weighted by molar-refractivity contribution is 0.177. The van der Waals surface area contributed by atoms with Gasteiger partial charge in [0.15, 0.2) is 5.82 Å². The summed E-state index contributed by atoms with van der Waals surface area (Å²) in [5.74, 6) is 3.00. The van der Waals surface area contributed by atoms with Crippen LogP contribution in [-0.2, 0) is 24.3 Å². The van der Waals surface area contributed by atoms with E-state index in [1.54, 1.807) is 7.11 Å². The van der Waals surface area contributed by atoms with E-state index in [1.165, 1.54) is 11.1 Å². The zero-order valence-corrected chi connectivity index (χ0v) is 16.9. The summed E-state index contributed by atoms with van der Waals surface area (Å²) in [5.41, 5.74) is 9.50. The van der Waals surface area contributed by atoms with Crippen molar-refractivity contribution in [2.24, 2.45) is 5.73 Å². The number of rotatable bonds is 6. The summed E-state index contributed by atoms with van der Waals surface area (Å²) in [6.45, 7) is 1.92. The normalized spacial score (nSPS) is 19.8. The van der Waals surface area contributed by atoms with E-state index in [-0.39, 0.29) is 24.8 Å². The number of nitrogens with zero attached hydrogens (tertiary/aromatic N) is 2. The molecule has 0 amide bonds. The Kier molecular flexibility index (Phi) is 7.68. The number of methoxy groups -OCH3 is 1. The van der Waals surface area contributed by atoms with Crippen LogP contribution < -0.4 is 15.8 Å². The van der Waals surface area contributed by atoms with Crippen LogP contribution in [0.2, 0.25) is 0 Å². The molecule has 0 unspecified atom stereocenters. The van der Waals surface area contributed by atoms with Gasteiger partial charge in [-0.25, -0.2) is 9.97 Å². The van der Waals surface area contributed by atoms with Crippen molar-refractivity contribution in [3.8, 4) is 5.75 Å². The summed E-state index contributed by atoms with van der Waals surface area (Å²) in [6, 6.07) is 8.71. The predicted octanol–water partition coefficient (Wildman–Crippen LogP) is 3.22. The van der Waals surface area contributed by atoms with Gasteiger partial charge < -0.3 is 20.5 Å². The van der Waals surface area contributed by atoms with E-state index >= 15 is 0 Å². The van der Waals surface area contributed by atoms with Gasteiger partial charge in [-0.1, -0.05) is 12.1 Å². The van der Waals surface area contributed by atoms with Crippen LogP contribution in [0.15, 0.2) is 24.3 Å². The van der Waals surface area contributed by atoms with E-state index in [0.717, 1.165) is 49.7 Å². The SMILES string of the molecule is COCc1nc(NCc2ccc3c(c2)CCO3)cc(C2CC(N)C2)n1.Cl.Cl. The van der Waals surface area contributed by atoms with Gasteiger partial charge in [-0.2, -0.15) is 0 Å². The predicted molar refractivity (Wildman–Crippen MR) is 110 cm³/mol. The van der Waals surface area contributed by atoms with Gasteiger partial charge in [0, 0.05) is 43.8 Å². The number of anilines is 1. The van der Waals surface area contributed by atoms with Crippen LogP contribution in [0.3, 0.4) is 0 Å². The first-order chi connectivity index (χ1) is 12.2. The van der Waals surface area contributed by atoms with Gasteiger partial charge in [0.05, 0.1) is 6.61 Å². The van der Waals surface area contributed by atoms with Gasteiger partial charge in [0.2, 0.25) is 0 Å². The standard InChI is InChI=1S/C19H24N4O2.2ClH/c1-24-11-19-22-16(14-7-15(20)8-14)9-18(23-19)21-10-12-2-3-17-13(6-12)4-5-25-17;;/h2-3,6,9,14-15H,4-5,7-8,10-11,20H2,1H3,(H,21,22,23);2*1H. The molecule has 1 aliphatic carbocycles. The minimum Gasteiger partial charge on any atom is -0.493 e. The Morgan fingerprint density at radius 2 is 2.04 bits per heavy atom. The van der Waals surface area contributed by atoms with Crippen molar-refractivity contribution >= 4 is 30.6 Å². The maximum Gasteiger partial charge on any atom is 0.156 e. The molecule has 0 atom stereocenters. The molecule has 3 N–H and O–H groups in total. The van der Waals surface area contributed by atoms with E-state index in [0.29, 0.717) is 24.4 Å². The van der Waals surface area contributed by atoms with Crippen LogP contribution in [0.25, 0.3) is 0 Å². The molecule has 4 rings (SSSR count). The third-order valence-electron chi connectivity index (χ3n) is 4.89. The molecule has 1 fully saturated rings. The van der Waals surface area contributed by atoms with Gasteiger partial charge in [0.25, 0.3) is 0 Å². The van der Waals surface area contributed by atoms with E-state index in [4.69, 9.17) is 15.2 Å². The van der Waals surface area contributed by atoms with Crippen molar-refractivity contribution in [2.45, 2.75) is 44.4 Å². The molecule has 2 heterocycles. The summed E-state index contributed by atoms with van der Waals surface area (Å²) in [7, 11) is 1.66. The molecule has 1 saturated carbocycles. The van der Waals surface area contributed by atoms with E-state index < -0.39 is 0 Å². The van der Waals surface area contributed by atoms with Crippen LogP contribution in [0.4, 0.5) is 5.82 Å².